The zero-order valence-electron chi connectivity index (χ0n) is 44.0. The minimum Gasteiger partial charge on any atom is -0.493 e. The van der Waals surface area contributed by atoms with Gasteiger partial charge in [-0.1, -0.05) is 200 Å². The van der Waals surface area contributed by atoms with Crippen LogP contribution in [-0.4, -0.2) is 27.5 Å². The van der Waals surface area contributed by atoms with Gasteiger partial charge in [-0.3, -0.25) is 0 Å². The van der Waals surface area contributed by atoms with Gasteiger partial charge in [0.05, 0.1) is 17.8 Å². The standard InChI is InChI=1S/C25H18IO4P.C20H16IO4P.C20H16IO3P/c26-23-22(31(27,19-12-6-2-7-13-19)20-14-8-3-9-15-20)16-21(24-25(23)29-17-28-24)30-18-10-4-1-5-11-18;1-23-16-12-17(18(21)20-19(16)24-13-25-20)26(22,14-8-4-2-5-9-14)15-10-6-3-7-11-15;1-14-12-17(18(21)20-19(14)23-13-24-20)25(22,15-8-4-2-5-9-15)16-10-6-3-7-11-16/h1-16H,17H2;2-12H,13H2,1H3;2-12H,13H2,1H3. The lowest BCUT2D eigenvalue weighted by atomic mass is 10.2. The van der Waals surface area contributed by atoms with Crippen molar-refractivity contribution in [2.45, 2.75) is 6.92 Å². The zero-order chi connectivity index (χ0) is 56.8. The molecule has 0 fully saturated rings. The molecule has 412 valence electrons. The number of para-hydroxylation sites is 1. The summed E-state index contributed by atoms with van der Waals surface area (Å²) in [6.07, 6.45) is 0. The summed E-state index contributed by atoms with van der Waals surface area (Å²) >= 11 is 6.61. The van der Waals surface area contributed by atoms with Crippen LogP contribution in [0.4, 0.5) is 0 Å². The van der Waals surface area contributed by atoms with Gasteiger partial charge in [0.1, 0.15) is 5.75 Å². The van der Waals surface area contributed by atoms with Crippen molar-refractivity contribution >= 4 is 137 Å². The van der Waals surface area contributed by atoms with Crippen LogP contribution in [-0.2, 0) is 13.7 Å². The third-order valence-electron chi connectivity index (χ3n) is 13.7. The highest BCUT2D eigenvalue weighted by molar-refractivity contribution is 14.1. The lowest BCUT2D eigenvalue weighted by Crippen LogP contribution is -2.27. The summed E-state index contributed by atoms with van der Waals surface area (Å²) < 4.78 is 91.9. The molecule has 0 N–H and O–H groups in total. The van der Waals surface area contributed by atoms with Gasteiger partial charge in [-0.2, -0.15) is 0 Å². The summed E-state index contributed by atoms with van der Waals surface area (Å²) in [5.74, 6) is 5.38. The van der Waals surface area contributed by atoms with Gasteiger partial charge in [-0.15, -0.1) is 0 Å². The quantitative estimate of drug-likeness (QED) is 0.0857. The minimum atomic E-state index is -3.20. The Labute approximate surface area is 516 Å². The predicted molar refractivity (Wildman–Crippen MR) is 352 cm³/mol. The maximum absolute atomic E-state index is 14.9. The second kappa shape index (κ2) is 25.1. The summed E-state index contributed by atoms with van der Waals surface area (Å²) in [4.78, 5) is 0. The largest absolute Gasteiger partial charge is 0.493 e. The Morgan fingerprint density at radius 1 is 0.341 bits per heavy atom. The summed E-state index contributed by atoms with van der Waals surface area (Å²) in [5, 5.41) is 6.83. The van der Waals surface area contributed by atoms with E-state index in [0.717, 1.165) is 59.2 Å². The van der Waals surface area contributed by atoms with Crippen LogP contribution in [0.1, 0.15) is 5.56 Å². The molecule has 0 spiro atoms. The average molecular weight is 1480 g/mol. The van der Waals surface area contributed by atoms with Crippen LogP contribution < -0.4 is 85.6 Å². The van der Waals surface area contributed by atoms with E-state index in [1.54, 1.807) is 7.11 Å². The second-order valence-electron chi connectivity index (χ2n) is 18.6. The van der Waals surface area contributed by atoms with Gasteiger partial charge in [0.25, 0.3) is 0 Å². The molecule has 0 unspecified atom stereocenters. The van der Waals surface area contributed by atoms with Crippen molar-refractivity contribution in [1.82, 2.24) is 0 Å². The Morgan fingerprint density at radius 2 is 0.598 bits per heavy atom. The number of hydrogen-bond acceptors (Lipinski definition) is 11. The molecule has 0 amide bonds. The summed E-state index contributed by atoms with van der Waals surface area (Å²) in [6, 6.07) is 72.6. The Hall–Kier alpha value is -6.52. The van der Waals surface area contributed by atoms with Crippen LogP contribution in [0.15, 0.2) is 231 Å². The first-order valence-corrected chi connectivity index (χ1v) is 34.1. The number of benzene rings is 10. The zero-order valence-corrected chi connectivity index (χ0v) is 53.2. The van der Waals surface area contributed by atoms with Crippen molar-refractivity contribution in [1.29, 1.82) is 0 Å². The van der Waals surface area contributed by atoms with E-state index in [-0.39, 0.29) is 20.4 Å². The third kappa shape index (κ3) is 11.0. The SMILES string of the molecule is COc1cc(P(=O)(c2ccccc2)c2ccccc2)c(I)c2c1OCO2.Cc1cc(P(=O)(c2ccccc2)c2ccccc2)c(I)c2c1OCO2.O=P(c1ccccc1)(c1ccccc1)c1cc(Oc2ccccc2)c2c(c1I)OCO2. The van der Waals surface area contributed by atoms with E-state index in [0.29, 0.717) is 56.6 Å². The van der Waals surface area contributed by atoms with Gasteiger partial charge in [0.2, 0.25) is 31.9 Å². The number of methoxy groups -OCH3 is 1. The van der Waals surface area contributed by atoms with Gasteiger partial charge < -0.3 is 51.6 Å². The first kappa shape index (κ1) is 57.3. The fraction of sp³-hybridized carbons (Fsp3) is 0.0769. The number of fused-ring (bicyclic) bond motifs is 3. The first-order chi connectivity index (χ1) is 40.0. The van der Waals surface area contributed by atoms with Crippen molar-refractivity contribution in [2.24, 2.45) is 0 Å². The number of ether oxygens (including phenoxy) is 8. The highest BCUT2D eigenvalue weighted by atomic mass is 127. The second-order valence-corrected chi connectivity index (χ2v) is 30.0. The smallest absolute Gasteiger partial charge is 0.231 e. The monoisotopic (exact) mass is 1480 g/mol. The molecule has 13 rings (SSSR count). The van der Waals surface area contributed by atoms with E-state index in [1.807, 2.05) is 237 Å². The van der Waals surface area contributed by atoms with Crippen molar-refractivity contribution in [2.75, 3.05) is 27.5 Å². The number of halogens is 3. The van der Waals surface area contributed by atoms with Crippen molar-refractivity contribution < 1.29 is 51.6 Å². The fourth-order valence-corrected chi connectivity index (χ4v) is 22.8. The molecule has 0 bridgehead atoms. The van der Waals surface area contributed by atoms with E-state index in [9.17, 15) is 13.7 Å². The summed E-state index contributed by atoms with van der Waals surface area (Å²) in [5.41, 5.74) is 0.940. The lowest BCUT2D eigenvalue weighted by molar-refractivity contribution is 0.170. The maximum Gasteiger partial charge on any atom is 0.231 e. The molecule has 3 heterocycles. The van der Waals surface area contributed by atoms with Crippen LogP contribution in [0, 0.1) is 17.6 Å². The average Bonchev–Trinajstić information content (AvgIpc) is 3.62. The van der Waals surface area contributed by atoms with E-state index in [4.69, 9.17) is 37.9 Å². The molecular weight excluding hydrogens is 1430 g/mol. The van der Waals surface area contributed by atoms with Crippen molar-refractivity contribution in [3.8, 4) is 51.7 Å². The molecule has 0 saturated heterocycles. The fourth-order valence-electron chi connectivity index (χ4n) is 9.81. The lowest BCUT2D eigenvalue weighted by Gasteiger charge is -2.23. The molecule has 82 heavy (non-hydrogen) atoms. The Balaban J connectivity index is 0.000000130. The highest BCUT2D eigenvalue weighted by Gasteiger charge is 2.40. The molecular formula is C65H50I3O11P3. The molecule has 0 saturated carbocycles. The minimum absolute atomic E-state index is 0.0981. The molecule has 11 nitrogen and oxygen atoms in total. The van der Waals surface area contributed by atoms with Crippen LogP contribution in [0.3, 0.4) is 0 Å². The van der Waals surface area contributed by atoms with Crippen LogP contribution in [0.2, 0.25) is 0 Å². The summed E-state index contributed by atoms with van der Waals surface area (Å²) in [6.45, 7) is 2.40. The molecule has 17 heteroatoms. The molecule has 10 aromatic rings. The van der Waals surface area contributed by atoms with E-state index in [2.05, 4.69) is 67.8 Å². The van der Waals surface area contributed by atoms with Crippen LogP contribution in [0.5, 0.6) is 51.7 Å². The van der Waals surface area contributed by atoms with Crippen molar-refractivity contribution in [3.63, 3.8) is 0 Å². The Bertz CT molecular complexity index is 3930. The highest BCUT2D eigenvalue weighted by Crippen LogP contribution is 2.54. The number of hydrogen-bond donors (Lipinski definition) is 0. The normalized spacial score (nSPS) is 12.8. The predicted octanol–water partition coefficient (Wildman–Crippen LogP) is 13.1. The molecule has 3 aliphatic heterocycles. The molecule has 0 radical (unpaired) electrons. The van der Waals surface area contributed by atoms with Gasteiger partial charge in [0, 0.05) is 47.7 Å². The number of aryl methyl sites for hydroxylation is 1. The van der Waals surface area contributed by atoms with E-state index < -0.39 is 21.4 Å². The van der Waals surface area contributed by atoms with Gasteiger partial charge in [0.15, 0.2) is 55.9 Å². The number of rotatable bonds is 12. The summed E-state index contributed by atoms with van der Waals surface area (Å²) in [7, 11) is -7.75. The van der Waals surface area contributed by atoms with E-state index >= 15 is 0 Å². The van der Waals surface area contributed by atoms with Crippen LogP contribution in [0.25, 0.3) is 0 Å². The van der Waals surface area contributed by atoms with Gasteiger partial charge >= 0.3 is 0 Å². The topological polar surface area (TPSA) is 125 Å². The van der Waals surface area contributed by atoms with Crippen LogP contribution >= 0.6 is 89.2 Å². The third-order valence-corrected chi connectivity index (χ3v) is 27.5. The molecule has 3 aliphatic rings. The molecule has 0 atom stereocenters. The van der Waals surface area contributed by atoms with Gasteiger partial charge in [-0.25, -0.2) is 0 Å². The van der Waals surface area contributed by atoms with Crippen molar-refractivity contribution in [3.05, 3.63) is 247 Å². The Morgan fingerprint density at radius 3 is 0.927 bits per heavy atom. The maximum atomic E-state index is 14.9. The first-order valence-electron chi connectivity index (χ1n) is 25.7. The molecule has 0 aromatic heterocycles. The molecule has 10 aromatic carbocycles. The Kier molecular flexibility index (Phi) is 17.6. The van der Waals surface area contributed by atoms with Gasteiger partial charge in [-0.05, 0) is 111 Å². The molecule has 0 aliphatic carbocycles. The van der Waals surface area contributed by atoms with E-state index in [1.165, 1.54) is 0 Å².